The van der Waals surface area contributed by atoms with Gasteiger partial charge in [0.05, 0.1) is 6.61 Å². The second-order valence-corrected chi connectivity index (χ2v) is 4.70. The van der Waals surface area contributed by atoms with Crippen LogP contribution in [0.1, 0.15) is 13.8 Å². The van der Waals surface area contributed by atoms with Crippen molar-refractivity contribution in [3.63, 3.8) is 0 Å². The SMILES string of the molecule is CCOC(=O)C(C)SC(=S)n1cccn1. The van der Waals surface area contributed by atoms with Crippen LogP contribution in [0.3, 0.4) is 0 Å². The summed E-state index contributed by atoms with van der Waals surface area (Å²) < 4.78 is 6.97. The van der Waals surface area contributed by atoms with Crippen molar-refractivity contribution in [1.82, 2.24) is 9.78 Å². The zero-order valence-electron chi connectivity index (χ0n) is 8.54. The molecule has 15 heavy (non-hydrogen) atoms. The molecule has 0 N–H and O–H groups in total. The maximum absolute atomic E-state index is 11.3. The lowest BCUT2D eigenvalue weighted by Crippen LogP contribution is -2.20. The molecule has 0 saturated heterocycles. The Labute approximate surface area is 98.0 Å². The summed E-state index contributed by atoms with van der Waals surface area (Å²) in [7, 11) is 0. The highest BCUT2D eigenvalue weighted by atomic mass is 32.2. The van der Waals surface area contributed by atoms with Crippen LogP contribution in [-0.4, -0.2) is 31.9 Å². The van der Waals surface area contributed by atoms with Crippen molar-refractivity contribution in [2.75, 3.05) is 6.61 Å². The minimum atomic E-state index is -0.304. The number of hydrogen-bond acceptors (Lipinski definition) is 5. The number of hydrogen-bond donors (Lipinski definition) is 0. The van der Waals surface area contributed by atoms with Crippen LogP contribution >= 0.6 is 24.0 Å². The highest BCUT2D eigenvalue weighted by Crippen LogP contribution is 2.15. The number of carbonyl (C=O) groups is 1. The number of thiocarbonyl (C=S) groups is 1. The Morgan fingerprint density at radius 2 is 2.47 bits per heavy atom. The lowest BCUT2D eigenvalue weighted by Gasteiger charge is -2.10. The molecular weight excluding hydrogens is 232 g/mol. The van der Waals surface area contributed by atoms with E-state index in [-0.39, 0.29) is 11.2 Å². The second-order valence-electron chi connectivity index (χ2n) is 2.73. The van der Waals surface area contributed by atoms with Crippen LogP contribution < -0.4 is 0 Å². The highest BCUT2D eigenvalue weighted by molar-refractivity contribution is 8.23. The fourth-order valence-electron chi connectivity index (χ4n) is 0.890. The monoisotopic (exact) mass is 244 g/mol. The van der Waals surface area contributed by atoms with Gasteiger partial charge in [-0.1, -0.05) is 24.0 Å². The Kier molecular flexibility index (Phi) is 4.77. The molecule has 0 spiro atoms. The summed E-state index contributed by atoms with van der Waals surface area (Å²) in [6, 6.07) is 1.78. The van der Waals surface area contributed by atoms with Gasteiger partial charge in [0.25, 0.3) is 0 Å². The average molecular weight is 244 g/mol. The molecule has 1 rings (SSSR count). The zero-order valence-corrected chi connectivity index (χ0v) is 10.2. The van der Waals surface area contributed by atoms with Gasteiger partial charge in [-0.3, -0.25) is 4.79 Å². The molecule has 6 heteroatoms. The van der Waals surface area contributed by atoms with Gasteiger partial charge in [0, 0.05) is 12.4 Å². The maximum Gasteiger partial charge on any atom is 0.319 e. The Balaban J connectivity index is 2.48. The Morgan fingerprint density at radius 3 is 3.00 bits per heavy atom. The second kappa shape index (κ2) is 5.87. The van der Waals surface area contributed by atoms with Gasteiger partial charge in [-0.2, -0.15) is 5.10 Å². The molecular formula is C9H12N2O2S2. The van der Waals surface area contributed by atoms with Crippen LogP contribution in [-0.2, 0) is 9.53 Å². The summed E-state index contributed by atoms with van der Waals surface area (Å²) in [5, 5.41) is 3.67. The number of esters is 1. The van der Waals surface area contributed by atoms with Crippen LogP contribution in [0, 0.1) is 0 Å². The molecule has 1 unspecified atom stereocenters. The van der Waals surface area contributed by atoms with Crippen molar-refractivity contribution in [2.45, 2.75) is 19.1 Å². The molecule has 4 nitrogen and oxygen atoms in total. The lowest BCUT2D eigenvalue weighted by molar-refractivity contribution is -0.142. The molecule has 1 aromatic rings. The van der Waals surface area contributed by atoms with Gasteiger partial charge >= 0.3 is 5.97 Å². The normalized spacial score (nSPS) is 12.1. The van der Waals surface area contributed by atoms with Gasteiger partial charge in [0.15, 0.2) is 4.32 Å². The van der Waals surface area contributed by atoms with E-state index in [2.05, 4.69) is 5.10 Å². The molecule has 1 aromatic heterocycles. The number of ether oxygens (including phenoxy) is 1. The highest BCUT2D eigenvalue weighted by Gasteiger charge is 2.17. The standard InChI is InChI=1S/C9H12N2O2S2/c1-3-13-8(12)7(2)15-9(14)11-6-4-5-10-11/h4-7H,3H2,1-2H3. The molecule has 0 radical (unpaired) electrons. The predicted molar refractivity (Wildman–Crippen MR) is 63.9 cm³/mol. The minimum absolute atomic E-state index is 0.253. The van der Waals surface area contributed by atoms with Gasteiger partial charge < -0.3 is 4.74 Å². The molecule has 1 atom stereocenters. The lowest BCUT2D eigenvalue weighted by atomic mass is 10.5. The third kappa shape index (κ3) is 3.64. The molecule has 0 amide bonds. The van der Waals surface area contributed by atoms with Crippen molar-refractivity contribution in [3.05, 3.63) is 18.5 Å². The van der Waals surface area contributed by atoms with Crippen molar-refractivity contribution in [2.24, 2.45) is 0 Å². The van der Waals surface area contributed by atoms with Gasteiger partial charge in [0.2, 0.25) is 0 Å². The first kappa shape index (κ1) is 12.2. The first-order valence-corrected chi connectivity index (χ1v) is 5.81. The molecule has 0 aromatic carbocycles. The summed E-state index contributed by atoms with van der Waals surface area (Å²) in [4.78, 5) is 11.3. The Morgan fingerprint density at radius 1 is 1.73 bits per heavy atom. The van der Waals surface area contributed by atoms with E-state index in [1.54, 1.807) is 37.0 Å². The van der Waals surface area contributed by atoms with Gasteiger partial charge in [0.1, 0.15) is 5.25 Å². The summed E-state index contributed by atoms with van der Waals surface area (Å²) >= 11 is 6.37. The number of aromatic nitrogens is 2. The fraction of sp³-hybridized carbons (Fsp3) is 0.444. The first-order valence-electron chi connectivity index (χ1n) is 4.52. The number of thioether (sulfide) groups is 1. The van der Waals surface area contributed by atoms with Crippen molar-refractivity contribution >= 4 is 34.3 Å². The van der Waals surface area contributed by atoms with E-state index in [1.165, 1.54) is 11.8 Å². The van der Waals surface area contributed by atoms with Crippen LogP contribution in [0.5, 0.6) is 0 Å². The molecule has 0 fully saturated rings. The van der Waals surface area contributed by atoms with E-state index in [0.29, 0.717) is 10.9 Å². The smallest absolute Gasteiger partial charge is 0.319 e. The van der Waals surface area contributed by atoms with Crippen LogP contribution in [0.4, 0.5) is 0 Å². The topological polar surface area (TPSA) is 44.1 Å². The summed E-state index contributed by atoms with van der Waals surface area (Å²) in [5.74, 6) is -0.253. The van der Waals surface area contributed by atoms with Crippen LogP contribution in [0.15, 0.2) is 18.5 Å². The van der Waals surface area contributed by atoms with Gasteiger partial charge in [-0.05, 0) is 19.9 Å². The quantitative estimate of drug-likeness (QED) is 0.598. The predicted octanol–water partition coefficient (Wildman–Crippen LogP) is 1.70. The molecule has 1 heterocycles. The molecule has 0 bridgehead atoms. The summed E-state index contributed by atoms with van der Waals surface area (Å²) in [5.41, 5.74) is 0. The molecule has 0 saturated carbocycles. The first-order chi connectivity index (χ1) is 7.15. The molecule has 0 aliphatic heterocycles. The largest absolute Gasteiger partial charge is 0.465 e. The van der Waals surface area contributed by atoms with Crippen molar-refractivity contribution in [1.29, 1.82) is 0 Å². The average Bonchev–Trinajstić information content (AvgIpc) is 2.70. The maximum atomic E-state index is 11.3. The van der Waals surface area contributed by atoms with E-state index in [0.717, 1.165) is 0 Å². The van der Waals surface area contributed by atoms with E-state index in [1.807, 2.05) is 0 Å². The summed E-state index contributed by atoms with van der Waals surface area (Å²) in [6.45, 7) is 3.93. The van der Waals surface area contributed by atoms with Crippen LogP contribution in [0.2, 0.25) is 0 Å². The van der Waals surface area contributed by atoms with Crippen molar-refractivity contribution in [3.8, 4) is 0 Å². The van der Waals surface area contributed by atoms with E-state index >= 15 is 0 Å². The van der Waals surface area contributed by atoms with Crippen molar-refractivity contribution < 1.29 is 9.53 Å². The minimum Gasteiger partial charge on any atom is -0.465 e. The van der Waals surface area contributed by atoms with Crippen LogP contribution in [0.25, 0.3) is 0 Å². The summed E-state index contributed by atoms with van der Waals surface area (Å²) in [6.07, 6.45) is 3.38. The van der Waals surface area contributed by atoms with E-state index in [9.17, 15) is 4.79 Å². The third-order valence-electron chi connectivity index (χ3n) is 1.59. The van der Waals surface area contributed by atoms with Gasteiger partial charge in [-0.25, -0.2) is 4.68 Å². The molecule has 0 aliphatic rings. The molecule has 82 valence electrons. The molecule has 0 aliphatic carbocycles. The van der Waals surface area contributed by atoms with Gasteiger partial charge in [-0.15, -0.1) is 0 Å². The number of carbonyl (C=O) groups excluding carboxylic acids is 1. The Hall–Kier alpha value is -0.880. The van der Waals surface area contributed by atoms with E-state index < -0.39 is 0 Å². The fourth-order valence-corrected chi connectivity index (χ4v) is 2.11. The number of nitrogens with zero attached hydrogens (tertiary/aromatic N) is 2. The van der Waals surface area contributed by atoms with E-state index in [4.69, 9.17) is 17.0 Å². The number of rotatable bonds is 3. The third-order valence-corrected chi connectivity index (χ3v) is 3.00. The zero-order chi connectivity index (χ0) is 11.3. The Bertz CT molecular complexity index is 338.